The van der Waals surface area contributed by atoms with E-state index in [0.717, 1.165) is 5.06 Å². The van der Waals surface area contributed by atoms with Crippen LogP contribution in [0.5, 0.6) is 11.5 Å². The van der Waals surface area contributed by atoms with Crippen molar-refractivity contribution in [1.82, 2.24) is 5.06 Å². The molecule has 0 N–H and O–H groups in total. The molecular formula is C18H24ClNO7. The quantitative estimate of drug-likeness (QED) is 0.271. The molecule has 0 radical (unpaired) electrons. The molecule has 0 aliphatic rings. The summed E-state index contributed by atoms with van der Waals surface area (Å²) in [4.78, 5) is 41.5. The van der Waals surface area contributed by atoms with Crippen LogP contribution in [-0.2, 0) is 30.5 Å². The number of methoxy groups -OCH3 is 2. The molecule has 0 saturated carbocycles. The van der Waals surface area contributed by atoms with Crippen LogP contribution in [0.2, 0.25) is 0 Å². The Kier molecular flexibility index (Phi) is 9.42. The van der Waals surface area contributed by atoms with Crippen molar-refractivity contribution in [3.63, 3.8) is 0 Å². The maximum atomic E-state index is 12.4. The second-order valence-electron chi connectivity index (χ2n) is 5.36. The Bertz CT molecular complexity index is 665. The molecule has 1 unspecified atom stereocenters. The van der Waals surface area contributed by atoms with Crippen molar-refractivity contribution in [3.05, 3.63) is 23.8 Å². The Labute approximate surface area is 163 Å². The Morgan fingerprint density at radius 3 is 2.33 bits per heavy atom. The predicted octanol–water partition coefficient (Wildman–Crippen LogP) is 2.32. The van der Waals surface area contributed by atoms with Crippen molar-refractivity contribution < 1.29 is 33.4 Å². The van der Waals surface area contributed by atoms with Crippen LogP contribution in [0.25, 0.3) is 0 Å². The normalized spacial score (nSPS) is 11.3. The molecule has 0 fully saturated rings. The fourth-order valence-corrected chi connectivity index (χ4v) is 2.35. The number of hydrogen-bond donors (Lipinski definition) is 0. The molecule has 27 heavy (non-hydrogen) atoms. The lowest BCUT2D eigenvalue weighted by Crippen LogP contribution is -2.38. The standard InChI is InChI=1S/C18H24ClNO7/c1-5-14(17(22)26-6-2)18(23)27-20(16(21)10-19)11-12-7-8-13(24-3)9-15(12)25-4/h7-9,14H,5-6,10-11H2,1-4H3. The molecule has 9 heteroatoms. The van der Waals surface area contributed by atoms with Gasteiger partial charge in [0.05, 0.1) is 27.4 Å². The van der Waals surface area contributed by atoms with Crippen molar-refractivity contribution in [2.75, 3.05) is 26.7 Å². The highest BCUT2D eigenvalue weighted by atomic mass is 35.5. The SMILES string of the molecule is CCOC(=O)C(CC)C(=O)ON(Cc1ccc(OC)cc1OC)C(=O)CCl. The van der Waals surface area contributed by atoms with E-state index in [0.29, 0.717) is 17.1 Å². The van der Waals surface area contributed by atoms with Gasteiger partial charge in [-0.1, -0.05) is 6.92 Å². The minimum atomic E-state index is -1.13. The van der Waals surface area contributed by atoms with E-state index in [1.165, 1.54) is 14.2 Å². The lowest BCUT2D eigenvalue weighted by atomic mass is 10.1. The highest BCUT2D eigenvalue weighted by Crippen LogP contribution is 2.26. The summed E-state index contributed by atoms with van der Waals surface area (Å²) in [6.45, 7) is 3.30. The summed E-state index contributed by atoms with van der Waals surface area (Å²) < 4.78 is 15.3. The minimum Gasteiger partial charge on any atom is -0.497 e. The van der Waals surface area contributed by atoms with Gasteiger partial charge in [0.2, 0.25) is 0 Å². The lowest BCUT2D eigenvalue weighted by Gasteiger charge is -2.23. The number of rotatable bonds is 9. The molecule has 0 saturated heterocycles. The molecule has 1 aromatic carbocycles. The minimum absolute atomic E-state index is 0.107. The molecular weight excluding hydrogens is 378 g/mol. The van der Waals surface area contributed by atoms with E-state index >= 15 is 0 Å². The Balaban J connectivity index is 3.01. The third-order valence-electron chi connectivity index (χ3n) is 3.66. The van der Waals surface area contributed by atoms with Gasteiger partial charge in [0.1, 0.15) is 17.4 Å². The zero-order valence-electron chi connectivity index (χ0n) is 15.8. The number of hydroxylamine groups is 2. The molecule has 1 rings (SSSR count). The first kappa shape index (κ1) is 22.6. The zero-order valence-corrected chi connectivity index (χ0v) is 16.6. The van der Waals surface area contributed by atoms with Crippen LogP contribution in [0, 0.1) is 5.92 Å². The van der Waals surface area contributed by atoms with Gasteiger partial charge in [-0.25, -0.2) is 4.79 Å². The number of benzene rings is 1. The molecule has 0 bridgehead atoms. The molecule has 8 nitrogen and oxygen atoms in total. The van der Waals surface area contributed by atoms with Crippen LogP contribution in [0.3, 0.4) is 0 Å². The number of ether oxygens (including phenoxy) is 3. The summed E-state index contributed by atoms with van der Waals surface area (Å²) in [5.41, 5.74) is 0.564. The smallest absolute Gasteiger partial charge is 0.346 e. The largest absolute Gasteiger partial charge is 0.497 e. The maximum Gasteiger partial charge on any atom is 0.346 e. The molecule has 0 heterocycles. The van der Waals surface area contributed by atoms with Crippen molar-refractivity contribution in [3.8, 4) is 11.5 Å². The lowest BCUT2D eigenvalue weighted by molar-refractivity contribution is -0.205. The van der Waals surface area contributed by atoms with Gasteiger partial charge >= 0.3 is 11.9 Å². The fraction of sp³-hybridized carbons (Fsp3) is 0.500. The number of carbonyl (C=O) groups is 3. The third kappa shape index (κ3) is 6.32. The number of nitrogens with zero attached hydrogens (tertiary/aromatic N) is 1. The van der Waals surface area contributed by atoms with Gasteiger partial charge in [-0.3, -0.25) is 9.59 Å². The van der Waals surface area contributed by atoms with E-state index in [1.807, 2.05) is 0 Å². The first-order chi connectivity index (χ1) is 12.9. The molecule has 0 aliphatic heterocycles. The van der Waals surface area contributed by atoms with Gasteiger partial charge in [0, 0.05) is 11.6 Å². The first-order valence-corrected chi connectivity index (χ1v) is 8.90. The zero-order chi connectivity index (χ0) is 20.4. The van der Waals surface area contributed by atoms with Crippen LogP contribution >= 0.6 is 11.6 Å². The van der Waals surface area contributed by atoms with Crippen molar-refractivity contribution >= 4 is 29.4 Å². The van der Waals surface area contributed by atoms with E-state index in [2.05, 4.69) is 0 Å². The van der Waals surface area contributed by atoms with Gasteiger partial charge < -0.3 is 19.0 Å². The second kappa shape index (κ2) is 11.3. The molecule has 1 atom stereocenters. The predicted molar refractivity (Wildman–Crippen MR) is 97.3 cm³/mol. The average molecular weight is 402 g/mol. The highest BCUT2D eigenvalue weighted by molar-refractivity contribution is 6.27. The molecule has 0 spiro atoms. The molecule has 0 aliphatic carbocycles. The third-order valence-corrected chi connectivity index (χ3v) is 3.89. The number of alkyl halides is 1. The second-order valence-corrected chi connectivity index (χ2v) is 5.63. The highest BCUT2D eigenvalue weighted by Gasteiger charge is 2.31. The number of hydrogen-bond acceptors (Lipinski definition) is 7. The summed E-state index contributed by atoms with van der Waals surface area (Å²) in [7, 11) is 2.98. The average Bonchev–Trinajstić information content (AvgIpc) is 2.67. The summed E-state index contributed by atoms with van der Waals surface area (Å²) in [5, 5.41) is 0.807. The number of carbonyl (C=O) groups excluding carboxylic acids is 3. The van der Waals surface area contributed by atoms with Gasteiger partial charge in [0.25, 0.3) is 5.91 Å². The Hall–Kier alpha value is -2.48. The van der Waals surface area contributed by atoms with Gasteiger partial charge in [-0.2, -0.15) is 5.06 Å². The van der Waals surface area contributed by atoms with E-state index in [-0.39, 0.29) is 19.6 Å². The number of amides is 1. The fourth-order valence-electron chi connectivity index (χ4n) is 2.22. The van der Waals surface area contributed by atoms with Crippen LogP contribution in [0.1, 0.15) is 25.8 Å². The monoisotopic (exact) mass is 401 g/mol. The van der Waals surface area contributed by atoms with E-state index in [1.54, 1.807) is 32.0 Å². The van der Waals surface area contributed by atoms with Gasteiger partial charge in [-0.05, 0) is 25.5 Å². The van der Waals surface area contributed by atoms with E-state index < -0.39 is 29.6 Å². The maximum absolute atomic E-state index is 12.4. The van der Waals surface area contributed by atoms with E-state index in [9.17, 15) is 14.4 Å². The van der Waals surface area contributed by atoms with Crippen molar-refractivity contribution in [2.24, 2.45) is 5.92 Å². The number of esters is 1. The van der Waals surface area contributed by atoms with Gasteiger partial charge in [0.15, 0.2) is 5.92 Å². The summed E-state index contributed by atoms with van der Waals surface area (Å²) in [6.07, 6.45) is 0.173. The number of halogens is 1. The first-order valence-electron chi connectivity index (χ1n) is 8.37. The topological polar surface area (TPSA) is 91.4 Å². The van der Waals surface area contributed by atoms with Crippen molar-refractivity contribution in [2.45, 2.75) is 26.8 Å². The molecule has 150 valence electrons. The van der Waals surface area contributed by atoms with Crippen LogP contribution in [0.15, 0.2) is 18.2 Å². The summed E-state index contributed by atoms with van der Waals surface area (Å²) >= 11 is 5.62. The van der Waals surface area contributed by atoms with Gasteiger partial charge in [-0.15, -0.1) is 11.6 Å². The Morgan fingerprint density at radius 1 is 1.11 bits per heavy atom. The molecule has 1 amide bonds. The van der Waals surface area contributed by atoms with Crippen LogP contribution < -0.4 is 9.47 Å². The van der Waals surface area contributed by atoms with Crippen LogP contribution in [-0.4, -0.2) is 49.6 Å². The summed E-state index contributed by atoms with van der Waals surface area (Å²) in [6, 6.07) is 4.98. The van der Waals surface area contributed by atoms with E-state index in [4.69, 9.17) is 30.6 Å². The van der Waals surface area contributed by atoms with Crippen LogP contribution in [0.4, 0.5) is 0 Å². The Morgan fingerprint density at radius 2 is 1.81 bits per heavy atom. The molecule has 0 aromatic heterocycles. The van der Waals surface area contributed by atoms with Crippen molar-refractivity contribution in [1.29, 1.82) is 0 Å². The molecule has 1 aromatic rings. The summed E-state index contributed by atoms with van der Waals surface area (Å²) in [5.74, 6) is -2.75.